The van der Waals surface area contributed by atoms with Crippen LogP contribution in [0, 0.1) is 13.8 Å². The molecule has 166 valence electrons. The molecule has 0 aliphatic rings. The van der Waals surface area contributed by atoms with E-state index in [4.69, 9.17) is 4.74 Å². The fraction of sp³-hybridized carbons (Fsp3) is 0.348. The van der Waals surface area contributed by atoms with Gasteiger partial charge in [-0.05, 0) is 61.7 Å². The Kier molecular flexibility index (Phi) is 9.52. The van der Waals surface area contributed by atoms with E-state index in [0.717, 1.165) is 28.4 Å². The molecule has 0 heterocycles. The van der Waals surface area contributed by atoms with Crippen molar-refractivity contribution in [2.24, 2.45) is 0 Å². The number of benzene rings is 2. The summed E-state index contributed by atoms with van der Waals surface area (Å²) in [6.45, 7) is 6.51. The molecule has 0 bridgehead atoms. The number of carbonyl (C=O) groups excluding carboxylic acids is 3. The number of hydrogen-bond donors (Lipinski definition) is 3. The molecule has 7 nitrogen and oxygen atoms in total. The van der Waals surface area contributed by atoms with Gasteiger partial charge in [-0.2, -0.15) is 0 Å². The number of ether oxygens (including phenoxy) is 1. The molecular formula is C23H28BrN3O4. The zero-order valence-electron chi connectivity index (χ0n) is 18.0. The monoisotopic (exact) mass is 489 g/mol. The Morgan fingerprint density at radius 1 is 0.935 bits per heavy atom. The van der Waals surface area contributed by atoms with Crippen LogP contribution in [-0.2, 0) is 9.59 Å². The minimum absolute atomic E-state index is 0.00308. The molecule has 0 unspecified atom stereocenters. The Morgan fingerprint density at radius 2 is 1.68 bits per heavy atom. The van der Waals surface area contributed by atoms with E-state index >= 15 is 0 Å². The highest BCUT2D eigenvalue weighted by Gasteiger charge is 2.15. The van der Waals surface area contributed by atoms with Gasteiger partial charge < -0.3 is 10.1 Å². The Balaban J connectivity index is 1.82. The molecule has 31 heavy (non-hydrogen) atoms. The Labute approximate surface area is 191 Å². The standard InChI is InChI=1S/C23H28BrN3O4/c1-4-5-12-31-20-9-7-17(24)14-19(20)23(30)27-26-22(29)11-10-21(28)25-18-8-6-15(2)16(3)13-18/h6-9,13-14H,4-5,10-12H2,1-3H3,(H,25,28)(H,26,29)(H,27,30). The van der Waals surface area contributed by atoms with E-state index < -0.39 is 11.8 Å². The second-order valence-electron chi connectivity index (χ2n) is 7.19. The van der Waals surface area contributed by atoms with Crippen LogP contribution in [0.2, 0.25) is 0 Å². The zero-order chi connectivity index (χ0) is 22.8. The first-order valence-corrected chi connectivity index (χ1v) is 11.0. The number of aryl methyl sites for hydroxylation is 2. The molecule has 0 fully saturated rings. The number of unbranched alkanes of at least 4 members (excludes halogenated alkanes) is 1. The molecule has 3 N–H and O–H groups in total. The summed E-state index contributed by atoms with van der Waals surface area (Å²) in [5.74, 6) is -0.799. The van der Waals surface area contributed by atoms with Crippen LogP contribution in [0.3, 0.4) is 0 Å². The molecule has 0 atom stereocenters. The third kappa shape index (κ3) is 8.05. The van der Waals surface area contributed by atoms with Gasteiger partial charge in [0.15, 0.2) is 0 Å². The first-order chi connectivity index (χ1) is 14.8. The van der Waals surface area contributed by atoms with Crippen molar-refractivity contribution < 1.29 is 19.1 Å². The lowest BCUT2D eigenvalue weighted by atomic mass is 10.1. The Bertz CT molecular complexity index is 946. The largest absolute Gasteiger partial charge is 0.493 e. The van der Waals surface area contributed by atoms with Crippen LogP contribution in [0.25, 0.3) is 0 Å². The summed E-state index contributed by atoms with van der Waals surface area (Å²) >= 11 is 3.34. The van der Waals surface area contributed by atoms with Gasteiger partial charge in [-0.1, -0.05) is 35.3 Å². The number of rotatable bonds is 9. The van der Waals surface area contributed by atoms with Gasteiger partial charge >= 0.3 is 0 Å². The summed E-state index contributed by atoms with van der Waals surface area (Å²) < 4.78 is 6.38. The predicted molar refractivity (Wildman–Crippen MR) is 124 cm³/mol. The first kappa shape index (κ1) is 24.4. The molecule has 0 aliphatic carbocycles. The molecular weight excluding hydrogens is 462 g/mol. The fourth-order valence-electron chi connectivity index (χ4n) is 2.66. The van der Waals surface area contributed by atoms with Crippen molar-refractivity contribution in [1.29, 1.82) is 0 Å². The number of hydrazine groups is 1. The van der Waals surface area contributed by atoms with Crippen LogP contribution in [0.15, 0.2) is 40.9 Å². The molecule has 8 heteroatoms. The van der Waals surface area contributed by atoms with E-state index in [-0.39, 0.29) is 18.7 Å². The van der Waals surface area contributed by atoms with Gasteiger partial charge in [-0.25, -0.2) is 0 Å². The third-order valence-corrected chi connectivity index (χ3v) is 5.12. The maximum absolute atomic E-state index is 12.5. The van der Waals surface area contributed by atoms with Crippen molar-refractivity contribution in [2.45, 2.75) is 46.5 Å². The quantitative estimate of drug-likeness (QED) is 0.358. The van der Waals surface area contributed by atoms with Gasteiger partial charge in [0.25, 0.3) is 5.91 Å². The lowest BCUT2D eigenvalue weighted by Gasteiger charge is -2.13. The van der Waals surface area contributed by atoms with Crippen LogP contribution < -0.4 is 20.9 Å². The average Bonchev–Trinajstić information content (AvgIpc) is 2.74. The highest BCUT2D eigenvalue weighted by atomic mass is 79.9. The van der Waals surface area contributed by atoms with Crippen molar-refractivity contribution in [3.05, 3.63) is 57.6 Å². The van der Waals surface area contributed by atoms with Crippen molar-refractivity contribution in [3.63, 3.8) is 0 Å². The van der Waals surface area contributed by atoms with E-state index in [1.807, 2.05) is 32.0 Å². The van der Waals surface area contributed by atoms with E-state index in [2.05, 4.69) is 39.0 Å². The van der Waals surface area contributed by atoms with Crippen LogP contribution in [0.1, 0.15) is 54.1 Å². The molecule has 2 rings (SSSR count). The van der Waals surface area contributed by atoms with Gasteiger partial charge in [0.1, 0.15) is 5.75 Å². The number of carbonyl (C=O) groups is 3. The summed E-state index contributed by atoms with van der Waals surface area (Å²) in [5, 5.41) is 2.77. The molecule has 0 saturated heterocycles. The number of nitrogens with one attached hydrogen (secondary N) is 3. The summed E-state index contributed by atoms with van der Waals surface area (Å²) in [6.07, 6.45) is 1.79. The van der Waals surface area contributed by atoms with E-state index in [1.165, 1.54) is 0 Å². The first-order valence-electron chi connectivity index (χ1n) is 10.2. The second-order valence-corrected chi connectivity index (χ2v) is 8.11. The lowest BCUT2D eigenvalue weighted by Crippen LogP contribution is -2.42. The average molecular weight is 490 g/mol. The third-order valence-electron chi connectivity index (χ3n) is 4.63. The summed E-state index contributed by atoms with van der Waals surface area (Å²) in [6, 6.07) is 10.7. The predicted octanol–water partition coefficient (Wildman–Crippen LogP) is 4.42. The minimum Gasteiger partial charge on any atom is -0.493 e. The molecule has 0 aromatic heterocycles. The highest BCUT2D eigenvalue weighted by Crippen LogP contribution is 2.23. The van der Waals surface area contributed by atoms with Crippen LogP contribution in [-0.4, -0.2) is 24.3 Å². The van der Waals surface area contributed by atoms with Crippen molar-refractivity contribution in [2.75, 3.05) is 11.9 Å². The van der Waals surface area contributed by atoms with Gasteiger partial charge in [0, 0.05) is 23.0 Å². The van der Waals surface area contributed by atoms with Gasteiger partial charge in [-0.15, -0.1) is 0 Å². The number of halogens is 1. The summed E-state index contributed by atoms with van der Waals surface area (Å²) in [5.41, 5.74) is 7.91. The van der Waals surface area contributed by atoms with E-state index in [0.29, 0.717) is 23.6 Å². The molecule has 0 aliphatic heterocycles. The molecule has 0 saturated carbocycles. The highest BCUT2D eigenvalue weighted by molar-refractivity contribution is 9.10. The van der Waals surface area contributed by atoms with Gasteiger partial charge in [0.2, 0.25) is 11.8 Å². The van der Waals surface area contributed by atoms with Crippen LogP contribution in [0.4, 0.5) is 5.69 Å². The lowest BCUT2D eigenvalue weighted by molar-refractivity contribution is -0.124. The topological polar surface area (TPSA) is 96.5 Å². The second kappa shape index (κ2) is 12.1. The molecule has 2 aromatic rings. The zero-order valence-corrected chi connectivity index (χ0v) is 19.6. The minimum atomic E-state index is -0.499. The van der Waals surface area contributed by atoms with Crippen LogP contribution in [0.5, 0.6) is 5.75 Å². The molecule has 0 spiro atoms. The van der Waals surface area contributed by atoms with E-state index in [1.54, 1.807) is 18.2 Å². The number of anilines is 1. The normalized spacial score (nSPS) is 10.3. The molecule has 3 amide bonds. The maximum Gasteiger partial charge on any atom is 0.273 e. The smallest absolute Gasteiger partial charge is 0.273 e. The SMILES string of the molecule is CCCCOc1ccc(Br)cc1C(=O)NNC(=O)CCC(=O)Nc1ccc(C)c(C)c1. The summed E-state index contributed by atoms with van der Waals surface area (Å²) in [7, 11) is 0. The molecule has 2 aromatic carbocycles. The fourth-order valence-corrected chi connectivity index (χ4v) is 3.02. The van der Waals surface area contributed by atoms with Crippen molar-refractivity contribution >= 4 is 39.3 Å². The Hall–Kier alpha value is -2.87. The Morgan fingerprint density at radius 3 is 2.39 bits per heavy atom. The van der Waals surface area contributed by atoms with Gasteiger partial charge in [0.05, 0.1) is 12.2 Å². The maximum atomic E-state index is 12.5. The van der Waals surface area contributed by atoms with Crippen molar-refractivity contribution in [1.82, 2.24) is 10.9 Å². The van der Waals surface area contributed by atoms with Gasteiger partial charge in [-0.3, -0.25) is 25.2 Å². The summed E-state index contributed by atoms with van der Waals surface area (Å²) in [4.78, 5) is 36.6. The number of hydrogen-bond acceptors (Lipinski definition) is 4. The number of amides is 3. The molecule has 0 radical (unpaired) electrons. The van der Waals surface area contributed by atoms with Crippen LogP contribution >= 0.6 is 15.9 Å². The van der Waals surface area contributed by atoms with E-state index in [9.17, 15) is 14.4 Å². The van der Waals surface area contributed by atoms with Crippen molar-refractivity contribution in [3.8, 4) is 5.75 Å².